The minimum absolute atomic E-state index is 0.0629. The van der Waals surface area contributed by atoms with Crippen molar-refractivity contribution in [2.24, 2.45) is 7.05 Å². The van der Waals surface area contributed by atoms with Gasteiger partial charge in [0.15, 0.2) is 6.29 Å². The summed E-state index contributed by atoms with van der Waals surface area (Å²) in [6.07, 6.45) is 3.92. The van der Waals surface area contributed by atoms with Gasteiger partial charge in [-0.05, 0) is 12.1 Å². The Balaban J connectivity index is 2.52. The fourth-order valence-electron chi connectivity index (χ4n) is 1.41. The van der Waals surface area contributed by atoms with E-state index in [9.17, 15) is 9.18 Å². The molecule has 0 atom stereocenters. The molecule has 0 aliphatic rings. The molecule has 0 amide bonds. The maximum atomic E-state index is 13.3. The van der Waals surface area contributed by atoms with Crippen LogP contribution in [-0.4, -0.2) is 15.8 Å². The zero-order chi connectivity index (χ0) is 10.8. The molecule has 3 nitrogen and oxygen atoms in total. The zero-order valence-electron chi connectivity index (χ0n) is 8.14. The molecule has 2 aromatic rings. The van der Waals surface area contributed by atoms with E-state index >= 15 is 0 Å². The number of aldehydes is 1. The van der Waals surface area contributed by atoms with Gasteiger partial charge < -0.3 is 4.57 Å². The van der Waals surface area contributed by atoms with Crippen molar-refractivity contribution in [1.82, 2.24) is 9.55 Å². The highest BCUT2D eigenvalue weighted by Gasteiger charge is 2.07. The molecule has 0 N–H and O–H groups in total. The van der Waals surface area contributed by atoms with Crippen molar-refractivity contribution >= 4 is 6.29 Å². The van der Waals surface area contributed by atoms with Gasteiger partial charge in [0.1, 0.15) is 11.6 Å². The normalized spacial score (nSPS) is 10.3. The van der Waals surface area contributed by atoms with Crippen LogP contribution in [0.2, 0.25) is 0 Å². The molecule has 0 saturated carbocycles. The van der Waals surface area contributed by atoms with Crippen LogP contribution in [0.3, 0.4) is 0 Å². The fraction of sp³-hybridized carbons (Fsp3) is 0.0909. The Hall–Kier alpha value is -1.97. The van der Waals surface area contributed by atoms with Crippen LogP contribution in [0.1, 0.15) is 10.4 Å². The lowest BCUT2D eigenvalue weighted by molar-refractivity contribution is 0.112. The lowest BCUT2D eigenvalue weighted by Crippen LogP contribution is -1.94. The number of halogens is 1. The maximum absolute atomic E-state index is 13.3. The van der Waals surface area contributed by atoms with Gasteiger partial charge in [-0.1, -0.05) is 6.07 Å². The average molecular weight is 204 g/mol. The van der Waals surface area contributed by atoms with E-state index in [1.54, 1.807) is 23.0 Å². The Morgan fingerprint density at radius 1 is 1.47 bits per heavy atom. The van der Waals surface area contributed by atoms with Crippen LogP contribution in [0.4, 0.5) is 4.39 Å². The summed E-state index contributed by atoms with van der Waals surface area (Å²) in [4.78, 5) is 14.5. The van der Waals surface area contributed by atoms with Crippen LogP contribution in [0.15, 0.2) is 30.6 Å². The largest absolute Gasteiger partial charge is 0.334 e. The SMILES string of the molecule is Cn1ccnc1-c1ccc(C=O)c(F)c1. The summed E-state index contributed by atoms with van der Waals surface area (Å²) in [7, 11) is 1.83. The van der Waals surface area contributed by atoms with Gasteiger partial charge in [0.05, 0.1) is 5.56 Å². The Morgan fingerprint density at radius 3 is 2.80 bits per heavy atom. The summed E-state index contributed by atoms with van der Waals surface area (Å²) in [5.41, 5.74) is 0.721. The molecule has 15 heavy (non-hydrogen) atoms. The van der Waals surface area contributed by atoms with Crippen LogP contribution in [0.5, 0.6) is 0 Å². The molecular weight excluding hydrogens is 195 g/mol. The molecule has 2 rings (SSSR count). The van der Waals surface area contributed by atoms with Crippen molar-refractivity contribution in [3.8, 4) is 11.4 Å². The van der Waals surface area contributed by atoms with Gasteiger partial charge >= 0.3 is 0 Å². The number of carbonyl (C=O) groups is 1. The van der Waals surface area contributed by atoms with E-state index in [1.807, 2.05) is 7.05 Å². The molecule has 1 aromatic heterocycles. The van der Waals surface area contributed by atoms with Crippen molar-refractivity contribution in [2.75, 3.05) is 0 Å². The first-order valence-electron chi connectivity index (χ1n) is 4.45. The number of hydrogen-bond donors (Lipinski definition) is 0. The smallest absolute Gasteiger partial charge is 0.152 e. The van der Waals surface area contributed by atoms with Crippen LogP contribution in [0, 0.1) is 5.82 Å². The monoisotopic (exact) mass is 204 g/mol. The number of imidazole rings is 1. The Labute approximate surface area is 86.2 Å². The first-order valence-corrected chi connectivity index (χ1v) is 4.45. The number of nitrogens with zero attached hydrogens (tertiary/aromatic N) is 2. The van der Waals surface area contributed by atoms with Gasteiger partial charge in [-0.2, -0.15) is 0 Å². The first-order chi connectivity index (χ1) is 7.22. The Bertz CT molecular complexity index is 505. The van der Waals surface area contributed by atoms with Gasteiger partial charge in [-0.15, -0.1) is 0 Å². The van der Waals surface area contributed by atoms with Gasteiger partial charge in [0.25, 0.3) is 0 Å². The number of aromatic nitrogens is 2. The highest BCUT2D eigenvalue weighted by molar-refractivity contribution is 5.76. The lowest BCUT2D eigenvalue weighted by Gasteiger charge is -2.02. The minimum atomic E-state index is -0.523. The minimum Gasteiger partial charge on any atom is -0.334 e. The number of rotatable bonds is 2. The molecule has 4 heteroatoms. The third-order valence-corrected chi connectivity index (χ3v) is 2.21. The highest BCUT2D eigenvalue weighted by Crippen LogP contribution is 2.18. The third-order valence-electron chi connectivity index (χ3n) is 2.21. The number of benzene rings is 1. The van der Waals surface area contributed by atoms with Gasteiger partial charge in [-0.3, -0.25) is 4.79 Å². The van der Waals surface area contributed by atoms with Crippen LogP contribution in [0.25, 0.3) is 11.4 Å². The number of aryl methyl sites for hydroxylation is 1. The maximum Gasteiger partial charge on any atom is 0.152 e. The zero-order valence-corrected chi connectivity index (χ0v) is 8.14. The Morgan fingerprint density at radius 2 is 2.27 bits per heavy atom. The van der Waals surface area contributed by atoms with Crippen molar-refractivity contribution in [2.45, 2.75) is 0 Å². The standard InChI is InChI=1S/C11H9FN2O/c1-14-5-4-13-11(14)8-2-3-9(7-15)10(12)6-8/h2-7H,1H3. The van der Waals surface area contributed by atoms with Crippen molar-refractivity contribution < 1.29 is 9.18 Å². The second-order valence-electron chi connectivity index (χ2n) is 3.22. The lowest BCUT2D eigenvalue weighted by atomic mass is 10.1. The van der Waals surface area contributed by atoms with E-state index in [-0.39, 0.29) is 5.56 Å². The van der Waals surface area contributed by atoms with Crippen molar-refractivity contribution in [1.29, 1.82) is 0 Å². The van der Waals surface area contributed by atoms with Crippen LogP contribution >= 0.6 is 0 Å². The summed E-state index contributed by atoms with van der Waals surface area (Å²) >= 11 is 0. The van der Waals surface area contributed by atoms with E-state index < -0.39 is 5.82 Å². The fourth-order valence-corrected chi connectivity index (χ4v) is 1.41. The average Bonchev–Trinajstić information content (AvgIpc) is 2.64. The molecule has 0 aliphatic heterocycles. The summed E-state index contributed by atoms with van der Waals surface area (Å²) in [5.74, 6) is 0.150. The summed E-state index contributed by atoms with van der Waals surface area (Å²) in [6, 6.07) is 4.44. The Kier molecular flexibility index (Phi) is 2.33. The molecule has 0 radical (unpaired) electrons. The van der Waals surface area contributed by atoms with Gasteiger partial charge in [0.2, 0.25) is 0 Å². The predicted molar refractivity (Wildman–Crippen MR) is 54.0 cm³/mol. The molecule has 0 unspecified atom stereocenters. The van der Waals surface area contributed by atoms with E-state index in [4.69, 9.17) is 0 Å². The van der Waals surface area contributed by atoms with E-state index in [0.29, 0.717) is 17.7 Å². The molecule has 0 bridgehead atoms. The van der Waals surface area contributed by atoms with Gasteiger partial charge in [-0.25, -0.2) is 9.37 Å². The molecule has 0 fully saturated rings. The molecule has 76 valence electrons. The van der Waals surface area contributed by atoms with Crippen molar-refractivity contribution in [3.05, 3.63) is 42.0 Å². The molecular formula is C11H9FN2O. The third kappa shape index (κ3) is 1.66. The van der Waals surface area contributed by atoms with E-state index in [0.717, 1.165) is 0 Å². The summed E-state index contributed by atoms with van der Waals surface area (Å²) in [5, 5.41) is 0. The summed E-state index contributed by atoms with van der Waals surface area (Å²) < 4.78 is 15.1. The molecule has 0 saturated heterocycles. The molecule has 0 aliphatic carbocycles. The molecule has 1 aromatic carbocycles. The van der Waals surface area contributed by atoms with E-state index in [1.165, 1.54) is 12.1 Å². The highest BCUT2D eigenvalue weighted by atomic mass is 19.1. The van der Waals surface area contributed by atoms with Gasteiger partial charge in [0, 0.05) is 25.0 Å². The molecule has 1 heterocycles. The quantitative estimate of drug-likeness (QED) is 0.701. The van der Waals surface area contributed by atoms with Crippen molar-refractivity contribution in [3.63, 3.8) is 0 Å². The topological polar surface area (TPSA) is 34.9 Å². The predicted octanol–water partition coefficient (Wildman–Crippen LogP) is 2.04. The molecule has 0 spiro atoms. The summed E-state index contributed by atoms with van der Waals surface area (Å²) in [6.45, 7) is 0. The van der Waals surface area contributed by atoms with Crippen LogP contribution < -0.4 is 0 Å². The second-order valence-corrected chi connectivity index (χ2v) is 3.22. The van der Waals surface area contributed by atoms with E-state index in [2.05, 4.69) is 4.98 Å². The van der Waals surface area contributed by atoms with Crippen LogP contribution in [-0.2, 0) is 7.05 Å². The second kappa shape index (κ2) is 3.65. The first kappa shape index (κ1) is 9.58. The number of hydrogen-bond acceptors (Lipinski definition) is 2. The number of carbonyl (C=O) groups excluding carboxylic acids is 1.